The third-order valence-electron chi connectivity index (χ3n) is 2.96. The van der Waals surface area contributed by atoms with E-state index in [1.165, 1.54) is 0 Å². The van der Waals surface area contributed by atoms with E-state index in [9.17, 15) is 9.59 Å². The van der Waals surface area contributed by atoms with Gasteiger partial charge in [0.2, 0.25) is 0 Å². The summed E-state index contributed by atoms with van der Waals surface area (Å²) in [7, 11) is 0. The lowest BCUT2D eigenvalue weighted by molar-refractivity contribution is -0.146. The lowest BCUT2D eigenvalue weighted by Gasteiger charge is -2.20. The van der Waals surface area contributed by atoms with Gasteiger partial charge in [0, 0.05) is 19.6 Å². The van der Waals surface area contributed by atoms with E-state index in [1.807, 2.05) is 0 Å². The molecule has 0 radical (unpaired) electrons. The smallest absolute Gasteiger partial charge is 0.310 e. The van der Waals surface area contributed by atoms with E-state index in [2.05, 4.69) is 5.32 Å². The topological polar surface area (TPSA) is 95.9 Å². The highest BCUT2D eigenvalue weighted by Crippen LogP contribution is 2.19. The first-order valence-corrected chi connectivity index (χ1v) is 6.73. The maximum Gasteiger partial charge on any atom is 0.310 e. The molecule has 0 fully saturated rings. The molecular formula is C15H21NO5. The SMILES string of the molecule is CC(C)(CNC(=O)c1ccccc1OCCCO)C(=O)O. The first-order chi connectivity index (χ1) is 9.88. The highest BCUT2D eigenvalue weighted by Gasteiger charge is 2.28. The molecule has 0 aromatic heterocycles. The second-order valence-corrected chi connectivity index (χ2v) is 5.29. The quantitative estimate of drug-likeness (QED) is 0.628. The summed E-state index contributed by atoms with van der Waals surface area (Å²) >= 11 is 0. The van der Waals surface area contributed by atoms with E-state index in [4.69, 9.17) is 14.9 Å². The number of benzene rings is 1. The summed E-state index contributed by atoms with van der Waals surface area (Å²) in [5.74, 6) is -0.948. The van der Waals surface area contributed by atoms with Crippen molar-refractivity contribution in [2.45, 2.75) is 20.3 Å². The molecule has 0 bridgehead atoms. The standard InChI is InChI=1S/C15H21NO5/c1-15(2,14(19)20)10-16-13(18)11-6-3-4-7-12(11)21-9-5-8-17/h3-4,6-7,17H,5,8-10H2,1-2H3,(H,16,18)(H,19,20). The molecule has 0 aliphatic carbocycles. The zero-order chi connectivity index (χ0) is 15.9. The lowest BCUT2D eigenvalue weighted by Crippen LogP contribution is -2.39. The molecule has 3 N–H and O–H groups in total. The molecule has 6 nitrogen and oxygen atoms in total. The Labute approximate surface area is 123 Å². The number of aliphatic hydroxyl groups is 1. The molecule has 0 aliphatic heterocycles. The number of carboxylic acids is 1. The van der Waals surface area contributed by atoms with Crippen LogP contribution < -0.4 is 10.1 Å². The molecule has 0 spiro atoms. The largest absolute Gasteiger partial charge is 0.493 e. The maximum atomic E-state index is 12.1. The third kappa shape index (κ3) is 5.07. The van der Waals surface area contributed by atoms with Gasteiger partial charge in [-0.05, 0) is 26.0 Å². The van der Waals surface area contributed by atoms with Crippen LogP contribution in [0.15, 0.2) is 24.3 Å². The van der Waals surface area contributed by atoms with Crippen molar-refractivity contribution in [2.24, 2.45) is 5.41 Å². The zero-order valence-corrected chi connectivity index (χ0v) is 12.3. The van der Waals surface area contributed by atoms with Crippen LogP contribution in [0.5, 0.6) is 5.75 Å². The molecule has 0 unspecified atom stereocenters. The van der Waals surface area contributed by atoms with Crippen LogP contribution >= 0.6 is 0 Å². The van der Waals surface area contributed by atoms with Crippen molar-refractivity contribution in [3.8, 4) is 5.75 Å². The summed E-state index contributed by atoms with van der Waals surface area (Å²) in [6.45, 7) is 3.42. The summed E-state index contributed by atoms with van der Waals surface area (Å²) in [6, 6.07) is 6.72. The molecule has 0 saturated carbocycles. The Morgan fingerprint density at radius 3 is 2.57 bits per heavy atom. The van der Waals surface area contributed by atoms with E-state index in [0.717, 1.165) is 0 Å². The third-order valence-corrected chi connectivity index (χ3v) is 2.96. The molecule has 1 aromatic rings. The second-order valence-electron chi connectivity index (χ2n) is 5.29. The predicted octanol–water partition coefficient (Wildman–Crippen LogP) is 1.29. The van der Waals surface area contributed by atoms with Gasteiger partial charge in [-0.1, -0.05) is 12.1 Å². The fraction of sp³-hybridized carbons (Fsp3) is 0.467. The number of nitrogens with one attached hydrogen (secondary N) is 1. The molecule has 1 aromatic carbocycles. The van der Waals surface area contributed by atoms with Crippen molar-refractivity contribution in [1.29, 1.82) is 0 Å². The second kappa shape index (κ2) is 7.64. The van der Waals surface area contributed by atoms with E-state index >= 15 is 0 Å². The maximum absolute atomic E-state index is 12.1. The number of hydrogen-bond donors (Lipinski definition) is 3. The minimum atomic E-state index is -1.04. The number of ether oxygens (including phenoxy) is 1. The number of para-hydroxylation sites is 1. The van der Waals surface area contributed by atoms with Gasteiger partial charge < -0.3 is 20.3 Å². The number of amides is 1. The minimum Gasteiger partial charge on any atom is -0.493 e. The van der Waals surface area contributed by atoms with Gasteiger partial charge in [0.25, 0.3) is 5.91 Å². The van der Waals surface area contributed by atoms with Gasteiger partial charge >= 0.3 is 5.97 Å². The average Bonchev–Trinajstić information content (AvgIpc) is 2.45. The van der Waals surface area contributed by atoms with Gasteiger partial charge in [-0.2, -0.15) is 0 Å². The summed E-state index contributed by atoms with van der Waals surface area (Å²) in [5, 5.41) is 20.4. The van der Waals surface area contributed by atoms with E-state index in [0.29, 0.717) is 24.3 Å². The monoisotopic (exact) mass is 295 g/mol. The van der Waals surface area contributed by atoms with Crippen molar-refractivity contribution < 1.29 is 24.5 Å². The molecule has 0 heterocycles. The van der Waals surface area contributed by atoms with Crippen LogP contribution in [0.4, 0.5) is 0 Å². The van der Waals surface area contributed by atoms with Gasteiger partial charge in [0.05, 0.1) is 17.6 Å². The summed E-state index contributed by atoms with van der Waals surface area (Å²) in [5.41, 5.74) is -0.695. The fourth-order valence-electron chi connectivity index (χ4n) is 1.50. The van der Waals surface area contributed by atoms with E-state index < -0.39 is 11.4 Å². The van der Waals surface area contributed by atoms with Crippen molar-refractivity contribution in [1.82, 2.24) is 5.32 Å². The minimum absolute atomic E-state index is 0.0150. The van der Waals surface area contributed by atoms with Gasteiger partial charge in [0.15, 0.2) is 0 Å². The van der Waals surface area contributed by atoms with Crippen LogP contribution in [0, 0.1) is 5.41 Å². The fourth-order valence-corrected chi connectivity index (χ4v) is 1.50. The zero-order valence-electron chi connectivity index (χ0n) is 12.3. The molecular weight excluding hydrogens is 274 g/mol. The van der Waals surface area contributed by atoms with Crippen LogP contribution in [0.2, 0.25) is 0 Å². The normalized spacial score (nSPS) is 11.0. The molecule has 6 heteroatoms. The number of aliphatic carboxylic acids is 1. The van der Waals surface area contributed by atoms with E-state index in [1.54, 1.807) is 38.1 Å². The Hall–Kier alpha value is -2.08. The van der Waals surface area contributed by atoms with Crippen LogP contribution in [0.25, 0.3) is 0 Å². The first kappa shape index (κ1) is 17.0. The number of hydrogen-bond acceptors (Lipinski definition) is 4. The van der Waals surface area contributed by atoms with Crippen LogP contribution in [-0.2, 0) is 4.79 Å². The van der Waals surface area contributed by atoms with Crippen molar-refractivity contribution in [3.63, 3.8) is 0 Å². The molecule has 21 heavy (non-hydrogen) atoms. The van der Waals surface area contributed by atoms with Crippen molar-refractivity contribution in [3.05, 3.63) is 29.8 Å². The molecule has 1 rings (SSSR count). The number of carbonyl (C=O) groups excluding carboxylic acids is 1. The highest BCUT2D eigenvalue weighted by molar-refractivity contribution is 5.97. The highest BCUT2D eigenvalue weighted by atomic mass is 16.5. The molecule has 0 aliphatic rings. The molecule has 0 atom stereocenters. The van der Waals surface area contributed by atoms with Crippen molar-refractivity contribution >= 4 is 11.9 Å². The Balaban J connectivity index is 2.71. The average molecular weight is 295 g/mol. The molecule has 116 valence electrons. The van der Waals surface area contributed by atoms with Crippen molar-refractivity contribution in [2.75, 3.05) is 19.8 Å². The number of carboxylic acid groups (broad SMARTS) is 1. The van der Waals surface area contributed by atoms with Crippen LogP contribution in [0.3, 0.4) is 0 Å². The van der Waals surface area contributed by atoms with E-state index in [-0.39, 0.29) is 19.1 Å². The number of aliphatic hydroxyl groups excluding tert-OH is 1. The Morgan fingerprint density at radius 1 is 1.29 bits per heavy atom. The van der Waals surface area contributed by atoms with Crippen LogP contribution in [-0.4, -0.2) is 41.8 Å². The predicted molar refractivity (Wildman–Crippen MR) is 77.4 cm³/mol. The Bertz CT molecular complexity index is 499. The van der Waals surface area contributed by atoms with Gasteiger partial charge in [-0.25, -0.2) is 0 Å². The summed E-state index contributed by atoms with van der Waals surface area (Å²) in [4.78, 5) is 23.1. The summed E-state index contributed by atoms with van der Waals surface area (Å²) < 4.78 is 5.44. The first-order valence-electron chi connectivity index (χ1n) is 6.73. The lowest BCUT2D eigenvalue weighted by atomic mass is 9.94. The number of rotatable bonds is 8. The van der Waals surface area contributed by atoms with Gasteiger partial charge in [-0.15, -0.1) is 0 Å². The van der Waals surface area contributed by atoms with Gasteiger partial charge in [-0.3, -0.25) is 9.59 Å². The molecule has 0 saturated heterocycles. The molecule has 1 amide bonds. The Morgan fingerprint density at radius 2 is 1.95 bits per heavy atom. The van der Waals surface area contributed by atoms with Crippen LogP contribution in [0.1, 0.15) is 30.6 Å². The Kier molecular flexibility index (Phi) is 6.17. The summed E-state index contributed by atoms with van der Waals surface area (Å²) in [6.07, 6.45) is 0.474. The van der Waals surface area contributed by atoms with Gasteiger partial charge in [0.1, 0.15) is 5.75 Å². The number of carbonyl (C=O) groups is 2.